The van der Waals surface area contributed by atoms with Gasteiger partial charge in [-0.05, 0) is 47.9 Å². The summed E-state index contributed by atoms with van der Waals surface area (Å²) in [5.74, 6) is 1.05. The summed E-state index contributed by atoms with van der Waals surface area (Å²) in [6, 6.07) is 11.1. The molecule has 1 aromatic carbocycles. The lowest BCUT2D eigenvalue weighted by atomic mass is 9.72. The van der Waals surface area contributed by atoms with Crippen LogP contribution in [-0.2, 0) is 16.0 Å². The van der Waals surface area contributed by atoms with E-state index in [0.717, 1.165) is 106 Å². The number of rotatable bonds is 6. The van der Waals surface area contributed by atoms with Crippen LogP contribution < -0.4 is 4.90 Å². The molecule has 1 N–H and O–H groups in total. The maximum Gasteiger partial charge on any atom is 0.245 e. The molecule has 3 saturated heterocycles. The van der Waals surface area contributed by atoms with Gasteiger partial charge in [0.05, 0.1) is 18.6 Å². The number of nitrogens with zero attached hydrogens (tertiary/aromatic N) is 5. The molecule has 0 saturated carbocycles. The Hall–Kier alpha value is -3.23. The summed E-state index contributed by atoms with van der Waals surface area (Å²) in [4.78, 5) is 31.1. The number of ether oxygens (including phenoxy) is 1. The summed E-state index contributed by atoms with van der Waals surface area (Å²) in [5, 5.41) is 1.06. The van der Waals surface area contributed by atoms with Crippen LogP contribution in [0.1, 0.15) is 18.4 Å². The Morgan fingerprint density at radius 3 is 2.56 bits per heavy atom. The summed E-state index contributed by atoms with van der Waals surface area (Å²) >= 11 is 0. The highest BCUT2D eigenvalue weighted by atomic mass is 16.5. The number of morpholine rings is 1. The van der Waals surface area contributed by atoms with Crippen molar-refractivity contribution < 1.29 is 9.53 Å². The lowest BCUT2D eigenvalue weighted by molar-refractivity contribution is -0.131. The van der Waals surface area contributed by atoms with Gasteiger partial charge < -0.3 is 24.4 Å². The predicted molar refractivity (Wildman–Crippen MR) is 141 cm³/mol. The smallest absolute Gasteiger partial charge is 0.245 e. The molecule has 6 rings (SSSR count). The predicted octanol–water partition coefficient (Wildman–Crippen LogP) is 3.11. The fourth-order valence-corrected chi connectivity index (χ4v) is 5.95. The summed E-state index contributed by atoms with van der Waals surface area (Å²) < 4.78 is 5.50. The molecule has 36 heavy (non-hydrogen) atoms. The van der Waals surface area contributed by atoms with Gasteiger partial charge >= 0.3 is 0 Å². The molecule has 1 spiro atoms. The van der Waals surface area contributed by atoms with Crippen LogP contribution in [0.3, 0.4) is 0 Å². The second-order valence-corrected chi connectivity index (χ2v) is 10.4. The molecule has 3 aliphatic rings. The van der Waals surface area contributed by atoms with Crippen LogP contribution in [0.2, 0.25) is 0 Å². The first-order valence-electron chi connectivity index (χ1n) is 13.0. The fraction of sp³-hybridized carbons (Fsp3) is 0.464. The summed E-state index contributed by atoms with van der Waals surface area (Å²) in [6.07, 6.45) is 6.35. The summed E-state index contributed by atoms with van der Waals surface area (Å²) in [6.45, 7) is 11.9. The molecule has 5 heterocycles. The van der Waals surface area contributed by atoms with Crippen molar-refractivity contribution >= 4 is 22.8 Å². The topological polar surface area (TPSA) is 77.6 Å². The van der Waals surface area contributed by atoms with E-state index < -0.39 is 0 Å². The third kappa shape index (κ3) is 4.51. The van der Waals surface area contributed by atoms with E-state index in [9.17, 15) is 4.79 Å². The van der Waals surface area contributed by atoms with Crippen LogP contribution in [-0.4, -0.2) is 89.7 Å². The standard InChI is InChI=1S/C28H34N6O2/c1-2-25(35)33-11-8-28(9-12-33)18-32(19-28)10-7-21-3-5-22(6-4-21)24-17-23-26(31-24)29-20-30-27(23)34-13-15-36-16-14-34/h2-6,17,20H,1,7-16,18-19H2,(H,29,30,31). The second-order valence-electron chi connectivity index (χ2n) is 10.4. The maximum absolute atomic E-state index is 11.8. The maximum atomic E-state index is 11.8. The Bertz CT molecular complexity index is 1230. The van der Waals surface area contributed by atoms with Gasteiger partial charge in [-0.2, -0.15) is 0 Å². The van der Waals surface area contributed by atoms with Crippen molar-refractivity contribution in [3.63, 3.8) is 0 Å². The van der Waals surface area contributed by atoms with Gasteiger partial charge in [0, 0.05) is 51.5 Å². The summed E-state index contributed by atoms with van der Waals surface area (Å²) in [5.41, 5.74) is 4.87. The first kappa shape index (κ1) is 23.2. The minimum atomic E-state index is 0.0717. The number of nitrogens with one attached hydrogen (secondary N) is 1. The Balaban J connectivity index is 1.05. The van der Waals surface area contributed by atoms with E-state index in [2.05, 4.69) is 61.7 Å². The first-order valence-corrected chi connectivity index (χ1v) is 13.0. The van der Waals surface area contributed by atoms with Gasteiger partial charge in [0.25, 0.3) is 0 Å². The van der Waals surface area contributed by atoms with Gasteiger partial charge in [0.1, 0.15) is 17.8 Å². The number of anilines is 1. The monoisotopic (exact) mass is 486 g/mol. The lowest BCUT2D eigenvalue weighted by Gasteiger charge is -2.54. The van der Waals surface area contributed by atoms with E-state index in [1.165, 1.54) is 11.6 Å². The third-order valence-electron chi connectivity index (χ3n) is 8.13. The molecule has 188 valence electrons. The molecule has 3 aromatic rings. The van der Waals surface area contributed by atoms with Crippen molar-refractivity contribution in [1.82, 2.24) is 24.8 Å². The average molecular weight is 487 g/mol. The molecule has 0 atom stereocenters. The van der Waals surface area contributed by atoms with Crippen molar-refractivity contribution in [2.45, 2.75) is 19.3 Å². The van der Waals surface area contributed by atoms with E-state index in [1.807, 2.05) is 4.90 Å². The number of benzene rings is 1. The molecule has 0 aliphatic carbocycles. The molecule has 0 radical (unpaired) electrons. The molecule has 3 fully saturated rings. The number of aromatic nitrogens is 3. The van der Waals surface area contributed by atoms with E-state index in [1.54, 1.807) is 6.33 Å². The number of hydrogen-bond donors (Lipinski definition) is 1. The number of fused-ring (bicyclic) bond motifs is 1. The van der Waals surface area contributed by atoms with Crippen molar-refractivity contribution in [3.8, 4) is 11.3 Å². The number of aromatic amines is 1. The first-order chi connectivity index (χ1) is 17.6. The Kier molecular flexibility index (Phi) is 6.23. The molecular formula is C28H34N6O2. The molecule has 8 nitrogen and oxygen atoms in total. The van der Waals surface area contributed by atoms with Crippen LogP contribution >= 0.6 is 0 Å². The van der Waals surface area contributed by atoms with Crippen LogP contribution in [0.15, 0.2) is 49.3 Å². The number of likely N-dealkylation sites (tertiary alicyclic amines) is 2. The highest BCUT2D eigenvalue weighted by Gasteiger charge is 2.44. The summed E-state index contributed by atoms with van der Waals surface area (Å²) in [7, 11) is 0. The minimum absolute atomic E-state index is 0.0717. The zero-order chi connectivity index (χ0) is 24.5. The van der Waals surface area contributed by atoms with Gasteiger partial charge in [-0.25, -0.2) is 9.97 Å². The highest BCUT2D eigenvalue weighted by Crippen LogP contribution is 2.40. The third-order valence-corrected chi connectivity index (χ3v) is 8.13. The number of hydrogen-bond acceptors (Lipinski definition) is 6. The Morgan fingerprint density at radius 2 is 1.83 bits per heavy atom. The number of H-pyrrole nitrogens is 1. The SMILES string of the molecule is C=CC(=O)N1CCC2(CC1)CN(CCc1ccc(-c3cc4c(N5CCOCC5)ncnc4[nH]3)cc1)C2. The largest absolute Gasteiger partial charge is 0.378 e. The van der Waals surface area contributed by atoms with Gasteiger partial charge in [-0.1, -0.05) is 30.8 Å². The molecule has 3 aliphatic heterocycles. The van der Waals surface area contributed by atoms with Crippen molar-refractivity contribution in [3.05, 3.63) is 54.9 Å². The number of amides is 1. The molecule has 1 amide bonds. The molecule has 0 bridgehead atoms. The van der Waals surface area contributed by atoms with E-state index in [4.69, 9.17) is 4.74 Å². The molecular weight excluding hydrogens is 452 g/mol. The number of carbonyl (C=O) groups excluding carboxylic acids is 1. The molecule has 0 unspecified atom stereocenters. The van der Waals surface area contributed by atoms with Crippen molar-refractivity contribution in [2.24, 2.45) is 5.41 Å². The van der Waals surface area contributed by atoms with Gasteiger partial charge in [-0.3, -0.25) is 4.79 Å². The van der Waals surface area contributed by atoms with Crippen molar-refractivity contribution in [2.75, 3.05) is 63.9 Å². The Morgan fingerprint density at radius 1 is 1.08 bits per heavy atom. The quantitative estimate of drug-likeness (QED) is 0.540. The van der Waals surface area contributed by atoms with Crippen molar-refractivity contribution in [1.29, 1.82) is 0 Å². The normalized spacial score (nSPS) is 20.0. The second kappa shape index (κ2) is 9.67. The molecule has 2 aromatic heterocycles. The minimum Gasteiger partial charge on any atom is -0.378 e. The van der Waals surface area contributed by atoms with Gasteiger partial charge in [0.15, 0.2) is 0 Å². The Labute approximate surface area is 212 Å². The number of carbonyl (C=O) groups is 1. The van der Waals surface area contributed by atoms with E-state index in [0.29, 0.717) is 5.41 Å². The zero-order valence-electron chi connectivity index (χ0n) is 20.8. The van der Waals surface area contributed by atoms with Crippen LogP contribution in [0.5, 0.6) is 0 Å². The highest BCUT2D eigenvalue weighted by molar-refractivity contribution is 5.92. The fourth-order valence-electron chi connectivity index (χ4n) is 5.95. The average Bonchev–Trinajstić information content (AvgIpc) is 3.36. The van der Waals surface area contributed by atoms with Gasteiger partial charge in [0.2, 0.25) is 5.91 Å². The van der Waals surface area contributed by atoms with Gasteiger partial charge in [-0.15, -0.1) is 0 Å². The van der Waals surface area contributed by atoms with Crippen LogP contribution in [0.4, 0.5) is 5.82 Å². The zero-order valence-corrected chi connectivity index (χ0v) is 20.8. The van der Waals surface area contributed by atoms with Crippen LogP contribution in [0, 0.1) is 5.41 Å². The van der Waals surface area contributed by atoms with Crippen LogP contribution in [0.25, 0.3) is 22.3 Å². The number of piperidine rings is 1. The molecule has 8 heteroatoms. The van der Waals surface area contributed by atoms with E-state index >= 15 is 0 Å². The van der Waals surface area contributed by atoms with E-state index in [-0.39, 0.29) is 5.91 Å². The lowest BCUT2D eigenvalue weighted by Crippen LogP contribution is -2.60.